The molecule has 0 aliphatic rings. The molecule has 0 aliphatic carbocycles. The SMILES string of the molecule is Cc1c(C)c(C)c(C)c(C)c1C.O.[CH3-].[Ru+].c1ccc(-c2ccccn2)nc1. The summed E-state index contributed by atoms with van der Waals surface area (Å²) in [5.74, 6) is 0. The van der Waals surface area contributed by atoms with Crippen LogP contribution in [0.25, 0.3) is 11.4 Å². The van der Waals surface area contributed by atoms with Crippen LogP contribution in [0.2, 0.25) is 0 Å². The first-order valence-electron chi connectivity index (χ1n) is 8.29. The summed E-state index contributed by atoms with van der Waals surface area (Å²) in [6.07, 6.45) is 3.54. The van der Waals surface area contributed by atoms with Crippen LogP contribution in [-0.2, 0) is 19.5 Å². The largest absolute Gasteiger partial charge is 1.00 e. The van der Waals surface area contributed by atoms with Crippen molar-refractivity contribution in [3.05, 3.63) is 89.6 Å². The molecule has 0 amide bonds. The maximum atomic E-state index is 4.19. The van der Waals surface area contributed by atoms with Crippen LogP contribution >= 0.6 is 0 Å². The summed E-state index contributed by atoms with van der Waals surface area (Å²) in [6.45, 7) is 13.3. The van der Waals surface area contributed by atoms with Gasteiger partial charge >= 0.3 is 19.5 Å². The maximum absolute atomic E-state index is 4.19. The number of aromatic nitrogens is 2. The molecule has 0 unspecified atom stereocenters. The Bertz CT molecular complexity index is 676. The fourth-order valence-corrected chi connectivity index (χ4v) is 2.72. The van der Waals surface area contributed by atoms with Gasteiger partial charge in [-0.25, -0.2) is 0 Å². The molecule has 27 heavy (non-hydrogen) atoms. The van der Waals surface area contributed by atoms with Crippen LogP contribution in [-0.4, -0.2) is 15.4 Å². The van der Waals surface area contributed by atoms with E-state index in [4.69, 9.17) is 0 Å². The zero-order valence-corrected chi connectivity index (χ0v) is 19.1. The Hall–Kier alpha value is -1.90. The molecule has 2 aromatic heterocycles. The normalized spacial score (nSPS) is 8.96. The second kappa shape index (κ2) is 12.5. The zero-order chi connectivity index (χ0) is 17.7. The Kier molecular flexibility index (Phi) is 12.6. The van der Waals surface area contributed by atoms with E-state index in [9.17, 15) is 0 Å². The Balaban J connectivity index is 0. The second-order valence-corrected chi connectivity index (χ2v) is 6.18. The fourth-order valence-electron chi connectivity index (χ4n) is 2.72. The molecule has 147 valence electrons. The summed E-state index contributed by atoms with van der Waals surface area (Å²) < 4.78 is 0. The van der Waals surface area contributed by atoms with Gasteiger partial charge in [-0.3, -0.25) is 9.97 Å². The minimum atomic E-state index is 0. The summed E-state index contributed by atoms with van der Waals surface area (Å²) in [6, 6.07) is 11.6. The molecule has 0 fully saturated rings. The monoisotopic (exact) mass is 453 g/mol. The van der Waals surface area contributed by atoms with Crippen LogP contribution in [0.15, 0.2) is 48.8 Å². The van der Waals surface area contributed by atoms with Gasteiger partial charge in [0.2, 0.25) is 0 Å². The third-order valence-corrected chi connectivity index (χ3v) is 4.97. The topological polar surface area (TPSA) is 57.3 Å². The van der Waals surface area contributed by atoms with Gasteiger partial charge in [-0.2, -0.15) is 0 Å². The van der Waals surface area contributed by atoms with E-state index in [0.717, 1.165) is 11.4 Å². The van der Waals surface area contributed by atoms with Gasteiger partial charge in [0.1, 0.15) is 0 Å². The molecule has 2 heterocycles. The summed E-state index contributed by atoms with van der Waals surface area (Å²) in [5.41, 5.74) is 10.6. The van der Waals surface area contributed by atoms with Crippen LogP contribution in [0.5, 0.6) is 0 Å². The average molecular weight is 453 g/mol. The molecule has 0 saturated carbocycles. The Morgan fingerprint density at radius 1 is 0.519 bits per heavy atom. The number of rotatable bonds is 1. The van der Waals surface area contributed by atoms with Gasteiger partial charge in [-0.15, -0.1) is 0 Å². The van der Waals surface area contributed by atoms with E-state index in [0.29, 0.717) is 0 Å². The maximum Gasteiger partial charge on any atom is 1.00 e. The third kappa shape index (κ3) is 6.64. The molecule has 4 heteroatoms. The Morgan fingerprint density at radius 2 is 0.778 bits per heavy atom. The number of hydrogen-bond donors (Lipinski definition) is 0. The quantitative estimate of drug-likeness (QED) is 0.371. The van der Waals surface area contributed by atoms with E-state index >= 15 is 0 Å². The number of benzene rings is 1. The predicted octanol–water partition coefficient (Wildman–Crippen LogP) is 5.30. The smallest absolute Gasteiger partial charge is 0.412 e. The molecular weight excluding hydrogens is 421 g/mol. The first-order chi connectivity index (χ1) is 11.4. The molecule has 0 bridgehead atoms. The molecular formula is C23H31N2ORu. The van der Waals surface area contributed by atoms with Crippen molar-refractivity contribution in [1.29, 1.82) is 0 Å². The molecule has 0 aliphatic heterocycles. The number of pyridine rings is 2. The Morgan fingerprint density at radius 3 is 0.963 bits per heavy atom. The van der Waals surface area contributed by atoms with Gasteiger partial charge in [-0.05, 0) is 99.2 Å². The van der Waals surface area contributed by atoms with Gasteiger partial charge < -0.3 is 12.9 Å². The van der Waals surface area contributed by atoms with E-state index in [1.54, 1.807) is 12.4 Å². The van der Waals surface area contributed by atoms with Crippen molar-refractivity contribution in [3.8, 4) is 11.4 Å². The molecule has 1 aromatic carbocycles. The average Bonchev–Trinajstić information content (AvgIpc) is 2.65. The van der Waals surface area contributed by atoms with Gasteiger partial charge in [0.05, 0.1) is 11.4 Å². The molecule has 3 aromatic rings. The van der Waals surface area contributed by atoms with Crippen LogP contribution in [0, 0.1) is 49.0 Å². The molecule has 1 radical (unpaired) electrons. The summed E-state index contributed by atoms with van der Waals surface area (Å²) in [4.78, 5) is 8.37. The van der Waals surface area contributed by atoms with Gasteiger partial charge in [0.25, 0.3) is 0 Å². The number of nitrogens with zero attached hydrogens (tertiary/aromatic N) is 2. The third-order valence-electron chi connectivity index (χ3n) is 4.97. The second-order valence-electron chi connectivity index (χ2n) is 6.18. The molecule has 0 atom stereocenters. The molecule has 2 N–H and O–H groups in total. The van der Waals surface area contributed by atoms with E-state index in [2.05, 4.69) is 51.5 Å². The molecule has 0 saturated heterocycles. The molecule has 3 rings (SSSR count). The van der Waals surface area contributed by atoms with Crippen molar-refractivity contribution in [2.24, 2.45) is 0 Å². The van der Waals surface area contributed by atoms with Gasteiger partial charge in [0.15, 0.2) is 0 Å². The van der Waals surface area contributed by atoms with Crippen molar-refractivity contribution < 1.29 is 25.0 Å². The Labute approximate surface area is 177 Å². The van der Waals surface area contributed by atoms with Gasteiger partial charge in [-0.1, -0.05) is 12.1 Å². The summed E-state index contributed by atoms with van der Waals surface area (Å²) in [7, 11) is 0. The molecule has 0 spiro atoms. The van der Waals surface area contributed by atoms with E-state index in [-0.39, 0.29) is 32.4 Å². The van der Waals surface area contributed by atoms with Crippen LogP contribution in [0.1, 0.15) is 33.4 Å². The van der Waals surface area contributed by atoms with Crippen LogP contribution < -0.4 is 0 Å². The van der Waals surface area contributed by atoms with Crippen molar-refractivity contribution in [3.63, 3.8) is 0 Å². The summed E-state index contributed by atoms with van der Waals surface area (Å²) >= 11 is 0. The van der Waals surface area contributed by atoms with Gasteiger partial charge in [0, 0.05) is 12.4 Å². The van der Waals surface area contributed by atoms with Crippen molar-refractivity contribution in [1.82, 2.24) is 9.97 Å². The predicted molar refractivity (Wildman–Crippen MR) is 112 cm³/mol. The molecule has 3 nitrogen and oxygen atoms in total. The minimum absolute atomic E-state index is 0. The van der Waals surface area contributed by atoms with E-state index < -0.39 is 0 Å². The van der Waals surface area contributed by atoms with Crippen LogP contribution in [0.3, 0.4) is 0 Å². The fraction of sp³-hybridized carbons (Fsp3) is 0.261. The zero-order valence-electron chi connectivity index (χ0n) is 17.4. The first kappa shape index (κ1) is 27.3. The standard InChI is InChI=1S/C12H18.C10H8N2.CH3.H2O.Ru/c1-7-8(2)10(4)12(6)11(5)9(7)3;1-3-7-11-9(5-1)10-6-2-4-8-12-10;;;/h1-6H3;1-8H;1H3;1H2;/q;;-1;;+1. The minimum Gasteiger partial charge on any atom is -0.412 e. The van der Waals surface area contributed by atoms with Crippen molar-refractivity contribution in [2.45, 2.75) is 41.5 Å². The van der Waals surface area contributed by atoms with E-state index in [1.807, 2.05) is 36.4 Å². The van der Waals surface area contributed by atoms with Crippen LogP contribution in [0.4, 0.5) is 0 Å². The first-order valence-corrected chi connectivity index (χ1v) is 8.29. The number of hydrogen-bond acceptors (Lipinski definition) is 2. The van der Waals surface area contributed by atoms with Crippen molar-refractivity contribution >= 4 is 0 Å². The van der Waals surface area contributed by atoms with Crippen molar-refractivity contribution in [2.75, 3.05) is 0 Å². The van der Waals surface area contributed by atoms with E-state index in [1.165, 1.54) is 33.4 Å². The summed E-state index contributed by atoms with van der Waals surface area (Å²) in [5, 5.41) is 0.